The summed E-state index contributed by atoms with van der Waals surface area (Å²) in [4.78, 5) is 15.0. The molecule has 1 heterocycles. The summed E-state index contributed by atoms with van der Waals surface area (Å²) in [7, 11) is 0. The van der Waals surface area contributed by atoms with E-state index in [0.717, 1.165) is 29.7 Å². The van der Waals surface area contributed by atoms with Crippen molar-refractivity contribution in [3.63, 3.8) is 0 Å². The Labute approximate surface area is 181 Å². The van der Waals surface area contributed by atoms with Gasteiger partial charge < -0.3 is 14.4 Å². The van der Waals surface area contributed by atoms with Crippen molar-refractivity contribution in [2.45, 2.75) is 78.2 Å². The summed E-state index contributed by atoms with van der Waals surface area (Å²) in [6, 6.07) is 16.7. The smallest absolute Gasteiger partial charge is 0.220 e. The van der Waals surface area contributed by atoms with Crippen LogP contribution in [0.1, 0.15) is 70.2 Å². The summed E-state index contributed by atoms with van der Waals surface area (Å²) >= 11 is 0. The standard InChI is InChI=1S/C26H35NO3/c1-18(2)30-24-13-11-22(12-14-24)25(21-9-7-19(3)8-10-21)27(20(4)28)23-15-16-29-26(5,6)17-23/h7-14,18,23,25H,15-17H2,1-6H3/t23-,25-/m1/s1. The summed E-state index contributed by atoms with van der Waals surface area (Å²) in [5.74, 6) is 0.934. The molecule has 0 N–H and O–H groups in total. The van der Waals surface area contributed by atoms with Gasteiger partial charge in [-0.3, -0.25) is 4.79 Å². The molecule has 1 amide bonds. The summed E-state index contributed by atoms with van der Waals surface area (Å²) in [5, 5.41) is 0. The van der Waals surface area contributed by atoms with E-state index < -0.39 is 0 Å². The molecule has 1 fully saturated rings. The van der Waals surface area contributed by atoms with Crippen molar-refractivity contribution in [1.29, 1.82) is 0 Å². The summed E-state index contributed by atoms with van der Waals surface area (Å²) < 4.78 is 11.8. The van der Waals surface area contributed by atoms with E-state index in [4.69, 9.17) is 9.47 Å². The lowest BCUT2D eigenvalue weighted by atomic mass is 9.88. The molecule has 2 aromatic rings. The second-order valence-corrected chi connectivity index (χ2v) is 9.23. The molecule has 1 aliphatic rings. The van der Waals surface area contributed by atoms with E-state index in [-0.39, 0.29) is 29.7 Å². The summed E-state index contributed by atoms with van der Waals surface area (Å²) in [5.41, 5.74) is 3.19. The lowest BCUT2D eigenvalue weighted by molar-refractivity contribution is -0.140. The first-order valence-electron chi connectivity index (χ1n) is 10.9. The number of benzene rings is 2. The number of amides is 1. The third-order valence-electron chi connectivity index (χ3n) is 5.67. The van der Waals surface area contributed by atoms with Crippen molar-refractivity contribution in [2.75, 3.05) is 6.61 Å². The maximum absolute atomic E-state index is 13.0. The number of aryl methyl sites for hydroxylation is 1. The number of hydrogen-bond donors (Lipinski definition) is 0. The van der Waals surface area contributed by atoms with Crippen LogP contribution in [0.4, 0.5) is 0 Å². The van der Waals surface area contributed by atoms with E-state index in [9.17, 15) is 4.79 Å². The maximum Gasteiger partial charge on any atom is 0.220 e. The molecule has 3 rings (SSSR count). The highest BCUT2D eigenvalue weighted by atomic mass is 16.5. The Kier molecular flexibility index (Phi) is 6.87. The van der Waals surface area contributed by atoms with Crippen LogP contribution in [0, 0.1) is 6.92 Å². The van der Waals surface area contributed by atoms with Gasteiger partial charge in [0.2, 0.25) is 5.91 Å². The van der Waals surface area contributed by atoms with E-state index in [0.29, 0.717) is 6.61 Å². The van der Waals surface area contributed by atoms with Crippen LogP contribution < -0.4 is 4.74 Å². The second-order valence-electron chi connectivity index (χ2n) is 9.23. The van der Waals surface area contributed by atoms with Crippen molar-refractivity contribution in [3.8, 4) is 5.75 Å². The zero-order valence-corrected chi connectivity index (χ0v) is 19.1. The number of carbonyl (C=O) groups is 1. The highest BCUT2D eigenvalue weighted by Gasteiger charge is 2.37. The van der Waals surface area contributed by atoms with E-state index >= 15 is 0 Å². The van der Waals surface area contributed by atoms with Crippen molar-refractivity contribution >= 4 is 5.91 Å². The first-order valence-corrected chi connectivity index (χ1v) is 10.9. The molecule has 2 atom stereocenters. The van der Waals surface area contributed by atoms with Gasteiger partial charge in [-0.15, -0.1) is 0 Å². The predicted molar refractivity (Wildman–Crippen MR) is 121 cm³/mol. The third-order valence-corrected chi connectivity index (χ3v) is 5.67. The molecule has 1 saturated heterocycles. The molecule has 4 nitrogen and oxygen atoms in total. The number of carbonyl (C=O) groups excluding carboxylic acids is 1. The average molecular weight is 410 g/mol. The molecule has 0 spiro atoms. The van der Waals surface area contributed by atoms with Gasteiger partial charge in [0.25, 0.3) is 0 Å². The molecule has 0 aliphatic carbocycles. The minimum absolute atomic E-state index is 0.0887. The largest absolute Gasteiger partial charge is 0.491 e. The normalized spacial score (nSPS) is 19.4. The molecule has 30 heavy (non-hydrogen) atoms. The molecule has 0 unspecified atom stereocenters. The van der Waals surface area contributed by atoms with E-state index in [2.05, 4.69) is 62.1 Å². The molecule has 0 radical (unpaired) electrons. The summed E-state index contributed by atoms with van der Waals surface area (Å²) in [6.45, 7) is 12.7. The van der Waals surface area contributed by atoms with Crippen LogP contribution >= 0.6 is 0 Å². The monoisotopic (exact) mass is 409 g/mol. The predicted octanol–water partition coefficient (Wildman–Crippen LogP) is 5.68. The maximum atomic E-state index is 13.0. The molecule has 2 aromatic carbocycles. The van der Waals surface area contributed by atoms with Crippen LogP contribution in [0.15, 0.2) is 48.5 Å². The van der Waals surface area contributed by atoms with E-state index in [1.165, 1.54) is 5.56 Å². The Hall–Kier alpha value is -2.33. The quantitative estimate of drug-likeness (QED) is 0.616. The topological polar surface area (TPSA) is 38.8 Å². The Morgan fingerprint density at radius 2 is 1.63 bits per heavy atom. The van der Waals surface area contributed by atoms with Crippen molar-refractivity contribution in [2.24, 2.45) is 0 Å². The zero-order valence-electron chi connectivity index (χ0n) is 19.1. The Balaban J connectivity index is 2.03. The number of nitrogens with zero attached hydrogens (tertiary/aromatic N) is 1. The lowest BCUT2D eigenvalue weighted by Crippen LogP contribution is -2.49. The highest BCUT2D eigenvalue weighted by Crippen LogP contribution is 2.37. The number of hydrogen-bond acceptors (Lipinski definition) is 3. The van der Waals surface area contributed by atoms with Gasteiger partial charge in [-0.05, 0) is 70.7 Å². The second kappa shape index (κ2) is 9.22. The molecule has 1 aliphatic heterocycles. The van der Waals surface area contributed by atoms with Gasteiger partial charge in [0.15, 0.2) is 0 Å². The summed E-state index contributed by atoms with van der Waals surface area (Å²) in [6.07, 6.45) is 1.80. The molecule has 0 bridgehead atoms. The van der Waals surface area contributed by atoms with Crippen LogP contribution in [-0.2, 0) is 9.53 Å². The van der Waals surface area contributed by atoms with E-state index in [1.807, 2.05) is 26.0 Å². The van der Waals surface area contributed by atoms with Gasteiger partial charge in [0, 0.05) is 19.6 Å². The first-order chi connectivity index (χ1) is 14.2. The Morgan fingerprint density at radius 3 is 2.13 bits per heavy atom. The van der Waals surface area contributed by atoms with Crippen molar-refractivity contribution < 1.29 is 14.3 Å². The van der Waals surface area contributed by atoms with Gasteiger partial charge >= 0.3 is 0 Å². The highest BCUT2D eigenvalue weighted by molar-refractivity contribution is 5.75. The minimum Gasteiger partial charge on any atom is -0.491 e. The van der Waals surface area contributed by atoms with Gasteiger partial charge in [0.05, 0.1) is 17.7 Å². The first kappa shape index (κ1) is 22.4. The van der Waals surface area contributed by atoms with Gasteiger partial charge in [-0.1, -0.05) is 42.0 Å². The number of ether oxygens (including phenoxy) is 2. The van der Waals surface area contributed by atoms with Gasteiger partial charge in [0.1, 0.15) is 5.75 Å². The van der Waals surface area contributed by atoms with Crippen LogP contribution in [-0.4, -0.2) is 35.2 Å². The zero-order chi connectivity index (χ0) is 21.9. The molecule has 0 saturated carbocycles. The Morgan fingerprint density at radius 1 is 1.07 bits per heavy atom. The van der Waals surface area contributed by atoms with Crippen LogP contribution in [0.5, 0.6) is 5.75 Å². The molecule has 0 aromatic heterocycles. The minimum atomic E-state index is -0.233. The van der Waals surface area contributed by atoms with E-state index in [1.54, 1.807) is 6.92 Å². The van der Waals surface area contributed by atoms with Crippen molar-refractivity contribution in [1.82, 2.24) is 4.90 Å². The average Bonchev–Trinajstić information content (AvgIpc) is 2.66. The molecular formula is C26H35NO3. The lowest BCUT2D eigenvalue weighted by Gasteiger charge is -2.44. The van der Waals surface area contributed by atoms with Gasteiger partial charge in [-0.2, -0.15) is 0 Å². The third kappa shape index (κ3) is 5.42. The fraction of sp³-hybridized carbons (Fsp3) is 0.500. The molecule has 162 valence electrons. The van der Waals surface area contributed by atoms with Crippen LogP contribution in [0.3, 0.4) is 0 Å². The fourth-order valence-electron chi connectivity index (χ4n) is 4.35. The number of rotatable bonds is 6. The van der Waals surface area contributed by atoms with Gasteiger partial charge in [-0.25, -0.2) is 0 Å². The Bertz CT molecular complexity index is 840. The van der Waals surface area contributed by atoms with Crippen LogP contribution in [0.2, 0.25) is 0 Å². The molecule has 4 heteroatoms. The SMILES string of the molecule is CC(=O)N([C@@H]1CCOC(C)(C)C1)[C@H](c1ccc(C)cc1)c1ccc(OC(C)C)cc1. The molecular weight excluding hydrogens is 374 g/mol. The fourth-order valence-corrected chi connectivity index (χ4v) is 4.35. The van der Waals surface area contributed by atoms with Crippen molar-refractivity contribution in [3.05, 3.63) is 65.2 Å². The van der Waals surface area contributed by atoms with Crippen LogP contribution in [0.25, 0.3) is 0 Å².